The summed E-state index contributed by atoms with van der Waals surface area (Å²) < 4.78 is 11.8. The molecule has 0 radical (unpaired) electrons. The van der Waals surface area contributed by atoms with Gasteiger partial charge in [-0.15, -0.1) is 10.2 Å². The summed E-state index contributed by atoms with van der Waals surface area (Å²) in [4.78, 5) is 28.1. The Hall–Kier alpha value is -3.89. The lowest BCUT2D eigenvalue weighted by molar-refractivity contribution is -0.117. The Morgan fingerprint density at radius 3 is 2.74 bits per heavy atom. The average Bonchev–Trinajstić information content (AvgIpc) is 3.69. The number of amides is 1. The van der Waals surface area contributed by atoms with Crippen LogP contribution in [0.2, 0.25) is 0 Å². The summed E-state index contributed by atoms with van der Waals surface area (Å²) in [5.41, 5.74) is 1.65. The lowest BCUT2D eigenvalue weighted by Gasteiger charge is -2.24. The standard InChI is InChI=1S/C28H25N3O5S2/c1-2-3-14-35-20-12-7-11-19(16-20)23-22(24(32)21-13-8-15-36-21)25(33)26(34)31(23)27-29-30-28(38-27)37-17-18-9-5-4-6-10-18/h4-13,15-16,23,33H,2-3,14,17H2,1H3. The third-order valence-corrected chi connectivity index (χ3v) is 8.07. The molecule has 0 fully saturated rings. The zero-order valence-electron chi connectivity index (χ0n) is 20.6. The van der Waals surface area contributed by atoms with Crippen molar-refractivity contribution in [2.75, 3.05) is 11.5 Å². The number of hydrogen-bond acceptors (Lipinski definition) is 9. The molecule has 3 heterocycles. The molecule has 0 saturated heterocycles. The van der Waals surface area contributed by atoms with Gasteiger partial charge in [-0.1, -0.05) is 78.9 Å². The molecule has 2 aromatic heterocycles. The number of thioether (sulfide) groups is 1. The number of aliphatic hydroxyl groups is 1. The van der Waals surface area contributed by atoms with Gasteiger partial charge in [0.2, 0.25) is 10.9 Å². The van der Waals surface area contributed by atoms with Gasteiger partial charge in [0.1, 0.15) is 5.75 Å². The van der Waals surface area contributed by atoms with Crippen molar-refractivity contribution in [3.8, 4) is 5.75 Å². The quantitative estimate of drug-likeness (QED) is 0.0997. The predicted molar refractivity (Wildman–Crippen MR) is 146 cm³/mol. The van der Waals surface area contributed by atoms with Gasteiger partial charge in [-0.05, 0) is 41.8 Å². The maximum atomic E-state index is 13.4. The van der Waals surface area contributed by atoms with Crippen LogP contribution in [0.15, 0.2) is 93.1 Å². The number of nitrogens with zero attached hydrogens (tertiary/aromatic N) is 3. The minimum atomic E-state index is -0.935. The molecular weight excluding hydrogens is 522 g/mol. The summed E-state index contributed by atoms with van der Waals surface area (Å²) in [5.74, 6) is -0.613. The Kier molecular flexibility index (Phi) is 7.90. The molecule has 1 N–H and O–H groups in total. The van der Waals surface area contributed by atoms with Gasteiger partial charge in [-0.2, -0.15) is 0 Å². The van der Waals surface area contributed by atoms with Gasteiger partial charge < -0.3 is 14.3 Å². The molecule has 1 aliphatic heterocycles. The molecule has 0 aliphatic carbocycles. The molecule has 1 aliphatic rings. The highest BCUT2D eigenvalue weighted by Gasteiger charge is 2.46. The zero-order chi connectivity index (χ0) is 26.5. The van der Waals surface area contributed by atoms with E-state index in [0.717, 1.165) is 18.4 Å². The molecule has 0 saturated carbocycles. The van der Waals surface area contributed by atoms with E-state index in [9.17, 15) is 14.7 Å². The van der Waals surface area contributed by atoms with Gasteiger partial charge in [0.25, 0.3) is 5.91 Å². The van der Waals surface area contributed by atoms with Crippen LogP contribution in [0.4, 0.5) is 5.13 Å². The topological polar surface area (TPSA) is 106 Å². The molecule has 8 nitrogen and oxygen atoms in total. The number of ether oxygens (including phenoxy) is 1. The summed E-state index contributed by atoms with van der Waals surface area (Å²) in [6.07, 6.45) is 3.26. The van der Waals surface area contributed by atoms with Crippen LogP contribution in [-0.4, -0.2) is 33.6 Å². The van der Waals surface area contributed by atoms with Crippen molar-refractivity contribution in [3.63, 3.8) is 0 Å². The Balaban J connectivity index is 1.49. The van der Waals surface area contributed by atoms with E-state index >= 15 is 0 Å². The molecule has 1 amide bonds. The maximum absolute atomic E-state index is 13.4. The Bertz CT molecular complexity index is 1450. The largest absolute Gasteiger partial charge is 0.503 e. The van der Waals surface area contributed by atoms with Crippen molar-refractivity contribution in [3.05, 3.63) is 101 Å². The number of hydrogen-bond donors (Lipinski definition) is 1. The fourth-order valence-electron chi connectivity index (χ4n) is 4.08. The second-order valence-corrected chi connectivity index (χ2v) is 10.7. The highest BCUT2D eigenvalue weighted by Crippen LogP contribution is 2.44. The van der Waals surface area contributed by atoms with Crippen molar-refractivity contribution in [2.24, 2.45) is 0 Å². The van der Waals surface area contributed by atoms with Crippen molar-refractivity contribution in [2.45, 2.75) is 35.9 Å². The van der Waals surface area contributed by atoms with E-state index in [1.165, 1.54) is 40.3 Å². The van der Waals surface area contributed by atoms with Crippen LogP contribution in [0.1, 0.15) is 47.5 Å². The van der Waals surface area contributed by atoms with Crippen molar-refractivity contribution < 1.29 is 23.8 Å². The highest BCUT2D eigenvalue weighted by molar-refractivity contribution is 8.00. The number of benzene rings is 2. The number of carbonyl (C=O) groups excluding carboxylic acids is 2. The first kappa shape index (κ1) is 25.7. The molecule has 1 unspecified atom stereocenters. The number of ketones is 1. The van der Waals surface area contributed by atoms with E-state index in [1.807, 2.05) is 36.4 Å². The minimum Gasteiger partial charge on any atom is -0.503 e. The Labute approximate surface area is 228 Å². The molecule has 0 spiro atoms. The average molecular weight is 548 g/mol. The smallest absolute Gasteiger partial charge is 0.296 e. The summed E-state index contributed by atoms with van der Waals surface area (Å²) in [7, 11) is 0. The van der Waals surface area contributed by atoms with Gasteiger partial charge in [-0.3, -0.25) is 14.5 Å². The second kappa shape index (κ2) is 11.7. The minimum absolute atomic E-state index is 0.0259. The van der Waals surface area contributed by atoms with Crippen LogP contribution < -0.4 is 9.64 Å². The van der Waals surface area contributed by atoms with Crippen LogP contribution in [0, 0.1) is 0 Å². The van der Waals surface area contributed by atoms with Gasteiger partial charge >= 0.3 is 0 Å². The van der Waals surface area contributed by atoms with E-state index < -0.39 is 23.5 Å². The number of anilines is 1. The first-order valence-corrected chi connectivity index (χ1v) is 13.9. The number of furan rings is 1. The Morgan fingerprint density at radius 1 is 1.13 bits per heavy atom. The lowest BCUT2D eigenvalue weighted by Crippen LogP contribution is -2.31. The Morgan fingerprint density at radius 2 is 1.97 bits per heavy atom. The number of aromatic nitrogens is 2. The highest BCUT2D eigenvalue weighted by atomic mass is 32.2. The second-order valence-electron chi connectivity index (χ2n) is 8.55. The van der Waals surface area contributed by atoms with E-state index in [2.05, 4.69) is 17.1 Å². The maximum Gasteiger partial charge on any atom is 0.296 e. The normalized spacial score (nSPS) is 15.3. The fraction of sp³-hybridized carbons (Fsp3) is 0.214. The first-order chi connectivity index (χ1) is 18.6. The monoisotopic (exact) mass is 547 g/mol. The van der Waals surface area contributed by atoms with Crippen molar-refractivity contribution in [1.29, 1.82) is 0 Å². The summed E-state index contributed by atoms with van der Waals surface area (Å²) in [6.45, 7) is 2.63. The van der Waals surface area contributed by atoms with Crippen molar-refractivity contribution >= 4 is 39.9 Å². The van der Waals surface area contributed by atoms with Crippen molar-refractivity contribution in [1.82, 2.24) is 10.2 Å². The summed E-state index contributed by atoms with van der Waals surface area (Å²) in [5, 5.41) is 19.7. The van der Waals surface area contributed by atoms with Gasteiger partial charge in [0.15, 0.2) is 15.9 Å². The zero-order valence-corrected chi connectivity index (χ0v) is 22.2. The molecule has 1 atom stereocenters. The van der Waals surface area contributed by atoms with Crippen LogP contribution >= 0.6 is 23.1 Å². The van der Waals surface area contributed by atoms with Crippen LogP contribution in [-0.2, 0) is 10.5 Å². The third-order valence-electron chi connectivity index (χ3n) is 5.95. The number of carbonyl (C=O) groups is 2. The molecule has 0 bridgehead atoms. The number of unbranched alkanes of at least 4 members (excludes halogenated alkanes) is 1. The lowest BCUT2D eigenvalue weighted by atomic mass is 9.95. The molecule has 38 heavy (non-hydrogen) atoms. The van der Waals surface area contributed by atoms with E-state index in [1.54, 1.807) is 24.3 Å². The number of aliphatic hydroxyl groups excluding tert-OH is 1. The molecule has 4 aromatic rings. The number of rotatable bonds is 11. The molecule has 10 heteroatoms. The molecular formula is C28H25N3O5S2. The first-order valence-electron chi connectivity index (χ1n) is 12.1. The predicted octanol–water partition coefficient (Wildman–Crippen LogP) is 6.39. The molecule has 5 rings (SSSR count). The molecule has 194 valence electrons. The number of Topliss-reactive ketones (excluding diaryl/α,β-unsaturated/α-hetero) is 1. The van der Waals surface area contributed by atoms with Crippen LogP contribution in [0.5, 0.6) is 5.75 Å². The van der Waals surface area contributed by atoms with Crippen LogP contribution in [0.3, 0.4) is 0 Å². The van der Waals surface area contributed by atoms with Gasteiger partial charge in [0, 0.05) is 5.75 Å². The molecule has 2 aromatic carbocycles. The van der Waals surface area contributed by atoms with Crippen LogP contribution in [0.25, 0.3) is 0 Å². The van der Waals surface area contributed by atoms with E-state index in [4.69, 9.17) is 9.15 Å². The van der Waals surface area contributed by atoms with E-state index in [0.29, 0.717) is 28.0 Å². The van der Waals surface area contributed by atoms with Gasteiger partial charge in [0.05, 0.1) is 24.5 Å². The third kappa shape index (κ3) is 5.36. The van der Waals surface area contributed by atoms with E-state index in [-0.39, 0.29) is 16.5 Å². The SMILES string of the molecule is CCCCOc1cccc(C2C(C(=O)c3ccco3)=C(O)C(=O)N2c2nnc(SCc3ccccc3)s2)c1. The summed E-state index contributed by atoms with van der Waals surface area (Å²) >= 11 is 2.73. The summed E-state index contributed by atoms with van der Waals surface area (Å²) in [6, 6.07) is 19.3. The van der Waals surface area contributed by atoms with Gasteiger partial charge in [-0.25, -0.2) is 0 Å². The fourth-order valence-corrected chi connectivity index (χ4v) is 5.90.